The zero-order valence-corrected chi connectivity index (χ0v) is 14.1. The predicted octanol–water partition coefficient (Wildman–Crippen LogP) is -0.893. The van der Waals surface area contributed by atoms with Crippen LogP contribution in [0.2, 0.25) is 0 Å². The Balaban J connectivity index is 2.07. The number of aromatic amines is 1. The van der Waals surface area contributed by atoms with Crippen LogP contribution in [0.4, 0.5) is 0 Å². The minimum atomic E-state index is -3.99. The summed E-state index contributed by atoms with van der Waals surface area (Å²) in [5.41, 5.74) is -1.32. The maximum atomic E-state index is 12.8. The first-order chi connectivity index (χ1) is 11.7. The highest BCUT2D eigenvalue weighted by molar-refractivity contribution is 7.89. The Hall–Kier alpha value is -2.53. The minimum Gasteiger partial charge on any atom is -0.481 e. The molecule has 134 valence electrons. The third kappa shape index (κ3) is 2.96. The van der Waals surface area contributed by atoms with E-state index >= 15 is 0 Å². The Kier molecular flexibility index (Phi) is 4.21. The van der Waals surface area contributed by atoms with Crippen molar-refractivity contribution in [3.05, 3.63) is 33.1 Å². The van der Waals surface area contributed by atoms with E-state index in [1.165, 1.54) is 7.05 Å². The van der Waals surface area contributed by atoms with Gasteiger partial charge >= 0.3 is 11.7 Å². The number of carboxylic acid groups (broad SMARTS) is 1. The highest BCUT2D eigenvalue weighted by Gasteiger charge is 2.33. The number of hydrogen-bond donors (Lipinski definition) is 2. The standard InChI is InChI=1S/C14H16N4O6S/c1-17-11-10(12(19)16-14(17)22)5-9(6-15-11)25(23,24)18-4-2-3-8(7-18)13(20)21/h5-6,8H,2-4,7H2,1H3,(H,20,21)(H,16,19,22). The van der Waals surface area contributed by atoms with Gasteiger partial charge in [0.25, 0.3) is 5.56 Å². The summed E-state index contributed by atoms with van der Waals surface area (Å²) in [6.45, 7) is 0.0765. The Bertz CT molecular complexity index is 1070. The van der Waals surface area contributed by atoms with E-state index in [1.807, 2.05) is 0 Å². The van der Waals surface area contributed by atoms with Gasteiger partial charge in [-0.05, 0) is 18.9 Å². The maximum Gasteiger partial charge on any atom is 0.329 e. The van der Waals surface area contributed by atoms with Gasteiger partial charge in [0.2, 0.25) is 10.0 Å². The molecule has 1 saturated heterocycles. The fraction of sp³-hybridized carbons (Fsp3) is 0.429. The minimum absolute atomic E-state index is 0.0324. The number of H-pyrrole nitrogens is 1. The molecular formula is C14H16N4O6S. The normalized spacial score (nSPS) is 19.2. The second kappa shape index (κ2) is 6.08. The van der Waals surface area contributed by atoms with Gasteiger partial charge in [0, 0.05) is 26.3 Å². The van der Waals surface area contributed by atoms with Crippen molar-refractivity contribution in [2.45, 2.75) is 17.7 Å². The molecule has 0 amide bonds. The molecule has 1 aliphatic heterocycles. The average Bonchev–Trinajstić information content (AvgIpc) is 2.59. The van der Waals surface area contributed by atoms with Gasteiger partial charge in [0.15, 0.2) is 0 Å². The van der Waals surface area contributed by atoms with Crippen molar-refractivity contribution in [3.63, 3.8) is 0 Å². The molecule has 2 aromatic heterocycles. The average molecular weight is 368 g/mol. The number of piperidine rings is 1. The van der Waals surface area contributed by atoms with Crippen LogP contribution in [0.15, 0.2) is 26.7 Å². The number of nitrogens with one attached hydrogen (secondary N) is 1. The molecule has 3 heterocycles. The largest absolute Gasteiger partial charge is 0.481 e. The second-order valence-electron chi connectivity index (χ2n) is 5.90. The number of carboxylic acids is 1. The third-order valence-corrected chi connectivity index (χ3v) is 6.13. The summed E-state index contributed by atoms with van der Waals surface area (Å²) in [6.07, 6.45) is 1.92. The Morgan fingerprint density at radius 2 is 2.12 bits per heavy atom. The van der Waals surface area contributed by atoms with Gasteiger partial charge in [-0.15, -0.1) is 0 Å². The number of rotatable bonds is 3. The number of aromatic nitrogens is 3. The number of hydrogen-bond acceptors (Lipinski definition) is 6. The first-order valence-corrected chi connectivity index (χ1v) is 8.98. The number of nitrogens with zero attached hydrogens (tertiary/aromatic N) is 3. The predicted molar refractivity (Wildman–Crippen MR) is 86.7 cm³/mol. The fourth-order valence-electron chi connectivity index (χ4n) is 2.87. The Morgan fingerprint density at radius 1 is 1.40 bits per heavy atom. The second-order valence-corrected chi connectivity index (χ2v) is 7.84. The first kappa shape index (κ1) is 17.3. The van der Waals surface area contributed by atoms with Gasteiger partial charge in [-0.3, -0.25) is 19.1 Å². The summed E-state index contributed by atoms with van der Waals surface area (Å²) in [7, 11) is -2.59. The third-order valence-electron chi connectivity index (χ3n) is 4.30. The number of fused-ring (bicyclic) bond motifs is 1. The van der Waals surface area contributed by atoms with Crippen molar-refractivity contribution in [1.29, 1.82) is 0 Å². The van der Waals surface area contributed by atoms with Crippen LogP contribution in [-0.4, -0.2) is 51.4 Å². The van der Waals surface area contributed by atoms with E-state index < -0.39 is 33.2 Å². The number of sulfonamides is 1. The van der Waals surface area contributed by atoms with Crippen molar-refractivity contribution in [3.8, 4) is 0 Å². The van der Waals surface area contributed by atoms with Crippen molar-refractivity contribution < 1.29 is 18.3 Å². The topological polar surface area (TPSA) is 142 Å². The zero-order chi connectivity index (χ0) is 18.4. The molecule has 0 saturated carbocycles. The number of pyridine rings is 1. The van der Waals surface area contributed by atoms with E-state index in [0.29, 0.717) is 12.8 Å². The molecule has 1 atom stereocenters. The quantitative estimate of drug-likeness (QED) is 0.715. The van der Waals surface area contributed by atoms with Gasteiger partial charge in [-0.2, -0.15) is 4.31 Å². The summed E-state index contributed by atoms with van der Waals surface area (Å²) in [5.74, 6) is -1.80. The SMILES string of the molecule is Cn1c(=O)[nH]c(=O)c2cc(S(=O)(=O)N3CCCC(C(=O)O)C3)cnc21. The van der Waals surface area contributed by atoms with Crippen LogP contribution >= 0.6 is 0 Å². The molecule has 0 aromatic carbocycles. The van der Waals surface area contributed by atoms with Crippen molar-refractivity contribution in [1.82, 2.24) is 18.8 Å². The van der Waals surface area contributed by atoms with Crippen LogP contribution < -0.4 is 11.2 Å². The molecule has 1 aliphatic rings. The maximum absolute atomic E-state index is 12.8. The van der Waals surface area contributed by atoms with Gasteiger partial charge in [0.1, 0.15) is 10.5 Å². The van der Waals surface area contributed by atoms with Crippen LogP contribution in [0.25, 0.3) is 11.0 Å². The van der Waals surface area contributed by atoms with Crippen LogP contribution in [0.5, 0.6) is 0 Å². The number of carbonyl (C=O) groups is 1. The summed E-state index contributed by atoms with van der Waals surface area (Å²) in [4.78, 5) is 40.5. The van der Waals surface area contributed by atoms with Crippen molar-refractivity contribution in [2.75, 3.05) is 13.1 Å². The Morgan fingerprint density at radius 3 is 2.80 bits per heavy atom. The van der Waals surface area contributed by atoms with Gasteiger partial charge < -0.3 is 5.11 Å². The molecule has 25 heavy (non-hydrogen) atoms. The van der Waals surface area contributed by atoms with E-state index in [0.717, 1.165) is 21.1 Å². The molecule has 11 heteroatoms. The lowest BCUT2D eigenvalue weighted by Crippen LogP contribution is -2.42. The van der Waals surface area contributed by atoms with E-state index in [2.05, 4.69) is 9.97 Å². The van der Waals surface area contributed by atoms with Gasteiger partial charge in [-0.1, -0.05) is 0 Å². The number of aryl methyl sites for hydroxylation is 1. The summed E-state index contributed by atoms with van der Waals surface area (Å²) in [6, 6.07) is 1.15. The lowest BCUT2D eigenvalue weighted by molar-refractivity contribution is -0.142. The molecule has 3 rings (SSSR count). The monoisotopic (exact) mass is 368 g/mol. The molecule has 10 nitrogen and oxygen atoms in total. The van der Waals surface area contributed by atoms with Crippen LogP contribution in [0, 0.1) is 5.92 Å². The molecule has 0 spiro atoms. The van der Waals surface area contributed by atoms with E-state index in [9.17, 15) is 22.8 Å². The molecule has 0 bridgehead atoms. The molecule has 1 unspecified atom stereocenters. The lowest BCUT2D eigenvalue weighted by atomic mass is 10.0. The summed E-state index contributed by atoms with van der Waals surface area (Å²) < 4.78 is 27.7. The molecular weight excluding hydrogens is 352 g/mol. The van der Waals surface area contributed by atoms with Crippen LogP contribution in [-0.2, 0) is 21.9 Å². The van der Waals surface area contributed by atoms with E-state index in [4.69, 9.17) is 5.11 Å². The fourth-order valence-corrected chi connectivity index (χ4v) is 4.37. The molecule has 1 fully saturated rings. The van der Waals surface area contributed by atoms with Crippen molar-refractivity contribution in [2.24, 2.45) is 13.0 Å². The van der Waals surface area contributed by atoms with Crippen LogP contribution in [0.3, 0.4) is 0 Å². The van der Waals surface area contributed by atoms with Crippen LogP contribution in [0.1, 0.15) is 12.8 Å². The highest BCUT2D eigenvalue weighted by atomic mass is 32.2. The first-order valence-electron chi connectivity index (χ1n) is 7.54. The summed E-state index contributed by atoms with van der Waals surface area (Å²) in [5, 5.41) is 9.08. The zero-order valence-electron chi connectivity index (χ0n) is 13.3. The molecule has 0 radical (unpaired) electrons. The van der Waals surface area contributed by atoms with Gasteiger partial charge in [-0.25, -0.2) is 18.2 Å². The van der Waals surface area contributed by atoms with E-state index in [-0.39, 0.29) is 29.0 Å². The molecule has 0 aliphatic carbocycles. The Labute approximate surface area is 141 Å². The van der Waals surface area contributed by atoms with Crippen molar-refractivity contribution >= 4 is 27.0 Å². The smallest absolute Gasteiger partial charge is 0.329 e. The molecule has 2 aromatic rings. The lowest BCUT2D eigenvalue weighted by Gasteiger charge is -2.29. The molecule has 2 N–H and O–H groups in total. The summed E-state index contributed by atoms with van der Waals surface area (Å²) >= 11 is 0. The number of aliphatic carboxylic acids is 1. The van der Waals surface area contributed by atoms with Gasteiger partial charge in [0.05, 0.1) is 11.3 Å². The van der Waals surface area contributed by atoms with E-state index in [1.54, 1.807) is 0 Å². The highest BCUT2D eigenvalue weighted by Crippen LogP contribution is 2.24.